The second-order valence-corrected chi connectivity index (χ2v) is 1.75. The molecular formula is CH2B2INO. The summed E-state index contributed by atoms with van der Waals surface area (Å²) in [6.45, 7) is 1.42. The summed E-state index contributed by atoms with van der Waals surface area (Å²) in [5.41, 5.74) is 0. The molecule has 5 heteroatoms. The maximum absolute atomic E-state index is 9.58. The van der Waals surface area contributed by atoms with E-state index in [2.05, 4.69) is 7.37 Å². The molecule has 0 aliphatic carbocycles. The van der Waals surface area contributed by atoms with Gasteiger partial charge in [0.1, 0.15) is 0 Å². The van der Waals surface area contributed by atoms with Crippen LogP contribution in [0.5, 0.6) is 0 Å². The van der Waals surface area contributed by atoms with Gasteiger partial charge >= 0.3 is 51.4 Å². The van der Waals surface area contributed by atoms with Gasteiger partial charge in [-0.1, -0.05) is 0 Å². The zero-order valence-corrected chi connectivity index (χ0v) is 5.25. The van der Waals surface area contributed by atoms with Crippen molar-refractivity contribution in [3.05, 3.63) is 0 Å². The normalized spacial score (nSPS) is 6.00. The average molecular weight is 193 g/mol. The number of carbonyl (C=O) groups excluding carboxylic acids is 1. The van der Waals surface area contributed by atoms with Gasteiger partial charge in [0, 0.05) is 0 Å². The van der Waals surface area contributed by atoms with Crippen LogP contribution in [0.2, 0.25) is 0 Å². The van der Waals surface area contributed by atoms with Gasteiger partial charge in [-0.2, -0.15) is 0 Å². The summed E-state index contributed by atoms with van der Waals surface area (Å²) in [6.07, 6.45) is 0.674. The Kier molecular flexibility index (Phi) is 3.71. The Morgan fingerprint density at radius 1 is 2.00 bits per heavy atom. The molecule has 0 aromatic carbocycles. The molecule has 0 bridgehead atoms. The quantitative estimate of drug-likeness (QED) is 0.244. The maximum atomic E-state index is 9.58. The number of carbonyl (C=O) groups is 1. The van der Waals surface area contributed by atoms with Crippen LogP contribution >= 0.6 is 22.9 Å². The van der Waals surface area contributed by atoms with Gasteiger partial charge in [0.2, 0.25) is 0 Å². The second-order valence-electron chi connectivity index (χ2n) is 0.632. The van der Waals surface area contributed by atoms with Crippen molar-refractivity contribution >= 4 is 43.6 Å². The third-order valence-electron chi connectivity index (χ3n) is 0.275. The molecule has 0 unspecified atom stereocenters. The van der Waals surface area contributed by atoms with Crippen LogP contribution in [0, 0.1) is 0 Å². The Hall–Kier alpha value is 0.330. The zero-order valence-electron chi connectivity index (χ0n) is 3.10. The molecule has 0 spiro atoms. The van der Waals surface area contributed by atoms with Crippen LogP contribution in [0.1, 0.15) is 0 Å². The molecule has 0 aliphatic heterocycles. The van der Waals surface area contributed by atoms with Crippen LogP contribution < -0.4 is 0 Å². The first-order valence-electron chi connectivity index (χ1n) is 1.33. The third-order valence-corrected chi connectivity index (χ3v) is 0.896. The minimum atomic E-state index is 0.674. The Labute approximate surface area is 51.7 Å². The van der Waals surface area contributed by atoms with Crippen LogP contribution in [0.15, 0.2) is 0 Å². The second kappa shape index (κ2) is 3.52. The summed E-state index contributed by atoms with van der Waals surface area (Å²) in [5.74, 6) is 0. The summed E-state index contributed by atoms with van der Waals surface area (Å²) in [6, 6.07) is 0. The van der Waals surface area contributed by atoms with Gasteiger partial charge < -0.3 is 0 Å². The van der Waals surface area contributed by atoms with Crippen LogP contribution in [-0.2, 0) is 4.79 Å². The van der Waals surface area contributed by atoms with E-state index in [4.69, 9.17) is 0 Å². The number of hydrogen-bond donors (Lipinski definition) is 0. The van der Waals surface area contributed by atoms with E-state index in [1.54, 1.807) is 0 Å². The Morgan fingerprint density at radius 3 is 2.50 bits per heavy atom. The zero-order chi connectivity index (χ0) is 4.99. The molecule has 0 N–H and O–H groups in total. The molecule has 1 amide bonds. The number of hydrogen-bond acceptors (Lipinski definition) is 1. The van der Waals surface area contributed by atoms with Crippen molar-refractivity contribution in [2.24, 2.45) is 0 Å². The summed E-state index contributed by atoms with van der Waals surface area (Å²) in [5, 5.41) is 0. The number of nitrogens with zero attached hydrogens (tertiary/aromatic N) is 1. The molecular weight excluding hydrogens is 191 g/mol. The Morgan fingerprint density at radius 2 is 2.50 bits per heavy atom. The molecule has 0 saturated carbocycles. The Bertz CT molecular complexity index is 58.6. The van der Waals surface area contributed by atoms with Gasteiger partial charge in [0.25, 0.3) is 0 Å². The van der Waals surface area contributed by atoms with E-state index >= 15 is 0 Å². The van der Waals surface area contributed by atoms with Gasteiger partial charge in [-0.25, -0.2) is 0 Å². The molecule has 0 heterocycles. The van der Waals surface area contributed by atoms with Gasteiger partial charge in [-0.05, 0) is 0 Å². The van der Waals surface area contributed by atoms with E-state index in [1.165, 1.54) is 9.96 Å². The van der Waals surface area contributed by atoms with Crippen molar-refractivity contribution in [2.75, 3.05) is 0 Å². The first-order chi connectivity index (χ1) is 2.81. The van der Waals surface area contributed by atoms with Gasteiger partial charge in [0.15, 0.2) is 0 Å². The van der Waals surface area contributed by atoms with E-state index in [9.17, 15) is 4.79 Å². The summed E-state index contributed by atoms with van der Waals surface area (Å²) < 4.78 is 1.30. The van der Waals surface area contributed by atoms with Crippen LogP contribution in [-0.4, -0.2) is 23.7 Å². The van der Waals surface area contributed by atoms with Crippen molar-refractivity contribution in [1.29, 1.82) is 0 Å². The van der Waals surface area contributed by atoms with E-state index in [0.29, 0.717) is 6.41 Å². The van der Waals surface area contributed by atoms with Crippen molar-refractivity contribution in [3.8, 4) is 0 Å². The van der Waals surface area contributed by atoms with Crippen LogP contribution in [0.25, 0.3) is 0 Å². The first-order valence-corrected chi connectivity index (χ1v) is 2.29. The minimum absolute atomic E-state index is 0.674. The van der Waals surface area contributed by atoms with E-state index in [-0.39, 0.29) is 0 Å². The molecule has 0 saturated heterocycles. The first kappa shape index (κ1) is 6.33. The fourth-order valence-electron chi connectivity index (χ4n) is 0.0430. The van der Waals surface area contributed by atoms with E-state index < -0.39 is 0 Å². The van der Waals surface area contributed by atoms with Crippen molar-refractivity contribution in [2.45, 2.75) is 0 Å². The SMILES string of the molecule is B=BN(I)C=O. The number of rotatable bonds is 2. The molecule has 0 aromatic heterocycles. The fraction of sp³-hybridized carbons (Fsp3) is 0. The molecule has 30 valence electrons. The van der Waals surface area contributed by atoms with E-state index in [1.807, 2.05) is 22.9 Å². The summed E-state index contributed by atoms with van der Waals surface area (Å²) in [4.78, 5) is 9.58. The third kappa shape index (κ3) is 2.56. The monoisotopic (exact) mass is 193 g/mol. The van der Waals surface area contributed by atoms with Crippen LogP contribution in [0.3, 0.4) is 0 Å². The standard InChI is InChI=1S/CH2B2INO/c2-3-5(4)1-6/h1-2H. The van der Waals surface area contributed by atoms with Gasteiger partial charge in [0.05, 0.1) is 0 Å². The average Bonchev–Trinajstić information content (AvgIpc) is 1.65. The summed E-state index contributed by atoms with van der Waals surface area (Å²) in [7, 11) is 3.32. The molecule has 0 atom stereocenters. The predicted octanol–water partition coefficient (Wildman–Crippen LogP) is -0.770. The number of halogens is 1. The van der Waals surface area contributed by atoms with Crippen LogP contribution in [0.4, 0.5) is 0 Å². The molecule has 0 fully saturated rings. The molecule has 0 aliphatic rings. The van der Waals surface area contributed by atoms with Gasteiger partial charge in [-0.15, -0.1) is 0 Å². The number of amides is 1. The molecule has 0 radical (unpaired) electrons. The fourth-order valence-corrected chi connectivity index (χ4v) is 0.0430. The molecule has 2 nitrogen and oxygen atoms in total. The molecule has 6 heavy (non-hydrogen) atoms. The van der Waals surface area contributed by atoms with Crippen molar-refractivity contribution in [3.63, 3.8) is 0 Å². The topological polar surface area (TPSA) is 20.3 Å². The van der Waals surface area contributed by atoms with Crippen molar-refractivity contribution < 1.29 is 4.79 Å². The molecule has 0 rings (SSSR count). The van der Waals surface area contributed by atoms with Crippen molar-refractivity contribution in [1.82, 2.24) is 3.02 Å². The van der Waals surface area contributed by atoms with Gasteiger partial charge in [-0.3, -0.25) is 0 Å². The Balaban J connectivity index is 3.21. The predicted molar refractivity (Wildman–Crippen MR) is 34.8 cm³/mol. The summed E-state index contributed by atoms with van der Waals surface area (Å²) >= 11 is 1.82. The molecule has 0 aromatic rings. The van der Waals surface area contributed by atoms with E-state index in [0.717, 1.165) is 0 Å².